The van der Waals surface area contributed by atoms with Crippen molar-refractivity contribution in [2.75, 3.05) is 39.5 Å². The van der Waals surface area contributed by atoms with Gasteiger partial charge in [-0.15, -0.1) is 0 Å². The molecule has 3 aromatic rings. The number of ether oxygens (including phenoxy) is 2. The lowest BCUT2D eigenvalue weighted by Crippen LogP contribution is -2.38. The van der Waals surface area contributed by atoms with E-state index in [-0.39, 0.29) is 5.78 Å². The molecule has 1 aliphatic heterocycles. The Hall–Kier alpha value is -2.99. The van der Waals surface area contributed by atoms with E-state index >= 15 is 0 Å². The first-order valence-electron chi connectivity index (χ1n) is 10.7. The van der Waals surface area contributed by atoms with Crippen molar-refractivity contribution in [2.45, 2.75) is 0 Å². The third kappa shape index (κ3) is 4.19. The molecule has 0 radical (unpaired) electrons. The molecule has 2 heterocycles. The van der Waals surface area contributed by atoms with Crippen LogP contribution in [-0.2, 0) is 4.74 Å². The van der Waals surface area contributed by atoms with Crippen LogP contribution >= 0.6 is 11.6 Å². The summed E-state index contributed by atoms with van der Waals surface area (Å²) in [4.78, 5) is 20.1. The first kappa shape index (κ1) is 20.9. The van der Waals surface area contributed by atoms with Gasteiger partial charge in [-0.2, -0.15) is 0 Å². The molecule has 162 valence electrons. The van der Waals surface area contributed by atoms with Crippen molar-refractivity contribution in [1.29, 1.82) is 0 Å². The van der Waals surface area contributed by atoms with E-state index in [1.165, 1.54) is 0 Å². The van der Waals surface area contributed by atoms with Gasteiger partial charge in [0.1, 0.15) is 12.4 Å². The minimum atomic E-state index is -0.0171. The maximum Gasteiger partial charge on any atom is 0.195 e. The fourth-order valence-electron chi connectivity index (χ4n) is 4.22. The van der Waals surface area contributed by atoms with Crippen molar-refractivity contribution in [3.63, 3.8) is 0 Å². The number of benzene rings is 2. The SMILES string of the molecule is O=C1C(c2cccnc2)=C(c2ccc(Cl)cc2)c2ccc(OCCN3CCOCC3)cc21. The summed E-state index contributed by atoms with van der Waals surface area (Å²) in [7, 11) is 0. The normalized spacial score (nSPS) is 16.3. The smallest absolute Gasteiger partial charge is 0.195 e. The second-order valence-electron chi connectivity index (χ2n) is 7.84. The summed E-state index contributed by atoms with van der Waals surface area (Å²) in [5, 5.41) is 0.658. The average Bonchev–Trinajstić information content (AvgIpc) is 3.13. The van der Waals surface area contributed by atoms with E-state index in [1.54, 1.807) is 12.4 Å². The van der Waals surface area contributed by atoms with Gasteiger partial charge in [0.25, 0.3) is 0 Å². The maximum atomic E-state index is 13.5. The van der Waals surface area contributed by atoms with Gasteiger partial charge >= 0.3 is 0 Å². The van der Waals surface area contributed by atoms with Crippen molar-refractivity contribution in [3.05, 3.63) is 94.3 Å². The van der Waals surface area contributed by atoms with E-state index in [2.05, 4.69) is 9.88 Å². The Morgan fingerprint density at radius 3 is 2.53 bits per heavy atom. The average molecular weight is 447 g/mol. The Labute approximate surface area is 192 Å². The summed E-state index contributed by atoms with van der Waals surface area (Å²) in [6.07, 6.45) is 3.44. The highest BCUT2D eigenvalue weighted by molar-refractivity contribution is 6.41. The zero-order chi connectivity index (χ0) is 21.9. The molecule has 1 aliphatic carbocycles. The van der Waals surface area contributed by atoms with Crippen molar-refractivity contribution in [2.24, 2.45) is 0 Å². The topological polar surface area (TPSA) is 51.7 Å². The number of pyridine rings is 1. The van der Waals surface area contributed by atoms with Crippen molar-refractivity contribution in [1.82, 2.24) is 9.88 Å². The quantitative estimate of drug-likeness (QED) is 0.553. The Balaban J connectivity index is 1.45. The molecule has 0 spiro atoms. The number of carbonyl (C=O) groups is 1. The second-order valence-corrected chi connectivity index (χ2v) is 8.27. The van der Waals surface area contributed by atoms with E-state index in [0.29, 0.717) is 28.5 Å². The summed E-state index contributed by atoms with van der Waals surface area (Å²) < 4.78 is 11.4. The number of fused-ring (bicyclic) bond motifs is 1. The standard InChI is InChI=1S/C26H23ClN2O3/c27-20-5-3-18(4-6-20)24-22-8-7-21(32-15-12-29-10-13-31-14-11-29)16-23(22)26(30)25(24)19-2-1-9-28-17-19/h1-9,16-17H,10-15H2. The maximum absolute atomic E-state index is 13.5. The Morgan fingerprint density at radius 1 is 0.969 bits per heavy atom. The number of hydrogen-bond donors (Lipinski definition) is 0. The van der Waals surface area contributed by atoms with E-state index in [9.17, 15) is 4.79 Å². The molecule has 5 nitrogen and oxygen atoms in total. The zero-order valence-corrected chi connectivity index (χ0v) is 18.3. The van der Waals surface area contributed by atoms with E-state index in [0.717, 1.165) is 55.1 Å². The minimum absolute atomic E-state index is 0.0171. The molecule has 32 heavy (non-hydrogen) atoms. The molecule has 0 atom stereocenters. The molecule has 6 heteroatoms. The van der Waals surface area contributed by atoms with Gasteiger partial charge in [-0.05, 0) is 47.5 Å². The van der Waals surface area contributed by atoms with E-state index in [1.807, 2.05) is 54.6 Å². The fraction of sp³-hybridized carbons (Fsp3) is 0.231. The largest absolute Gasteiger partial charge is 0.492 e. The molecule has 2 aliphatic rings. The Kier molecular flexibility index (Phi) is 6.04. The lowest BCUT2D eigenvalue weighted by Gasteiger charge is -2.26. The molecule has 0 bridgehead atoms. The van der Waals surface area contributed by atoms with Crippen LogP contribution in [0, 0.1) is 0 Å². The first-order valence-corrected chi connectivity index (χ1v) is 11.1. The van der Waals surface area contributed by atoms with Crippen LogP contribution in [0.25, 0.3) is 11.1 Å². The van der Waals surface area contributed by atoms with Crippen LogP contribution < -0.4 is 4.74 Å². The second kappa shape index (κ2) is 9.25. The number of hydrogen-bond acceptors (Lipinski definition) is 5. The molecule has 0 unspecified atom stereocenters. The number of ketones is 1. The number of rotatable bonds is 6. The number of carbonyl (C=O) groups excluding carboxylic acids is 1. The molecule has 0 N–H and O–H groups in total. The van der Waals surface area contributed by atoms with Crippen LogP contribution in [0.15, 0.2) is 67.0 Å². The number of aromatic nitrogens is 1. The lowest BCUT2D eigenvalue weighted by molar-refractivity contribution is 0.0322. The highest BCUT2D eigenvalue weighted by atomic mass is 35.5. The van der Waals surface area contributed by atoms with Crippen LogP contribution in [0.1, 0.15) is 27.0 Å². The predicted octanol–water partition coefficient (Wildman–Crippen LogP) is 4.60. The van der Waals surface area contributed by atoms with E-state index < -0.39 is 0 Å². The summed E-state index contributed by atoms with van der Waals surface area (Å²) >= 11 is 6.11. The van der Waals surface area contributed by atoms with Crippen molar-refractivity contribution >= 4 is 28.5 Å². The van der Waals surface area contributed by atoms with Gasteiger partial charge in [0.2, 0.25) is 0 Å². The predicted molar refractivity (Wildman–Crippen MR) is 125 cm³/mol. The third-order valence-electron chi connectivity index (χ3n) is 5.85. The lowest BCUT2D eigenvalue weighted by atomic mass is 9.95. The van der Waals surface area contributed by atoms with Crippen molar-refractivity contribution < 1.29 is 14.3 Å². The van der Waals surface area contributed by atoms with Gasteiger partial charge in [0.05, 0.1) is 13.2 Å². The molecule has 1 aromatic heterocycles. The van der Waals surface area contributed by atoms with Crippen LogP contribution in [0.5, 0.6) is 5.75 Å². The number of allylic oxidation sites excluding steroid dienone is 1. The highest BCUT2D eigenvalue weighted by Gasteiger charge is 2.32. The van der Waals surface area contributed by atoms with Gasteiger partial charge in [0.15, 0.2) is 5.78 Å². The van der Waals surface area contributed by atoms with Crippen LogP contribution in [0.4, 0.5) is 0 Å². The summed E-state index contributed by atoms with van der Waals surface area (Å²) in [5.41, 5.74) is 4.85. The van der Waals surface area contributed by atoms with Crippen LogP contribution in [-0.4, -0.2) is 55.1 Å². The molecule has 1 saturated heterocycles. The summed E-state index contributed by atoms with van der Waals surface area (Å²) in [6.45, 7) is 4.79. The van der Waals surface area contributed by atoms with Gasteiger partial charge < -0.3 is 9.47 Å². The number of morpholine rings is 1. The van der Waals surface area contributed by atoms with Gasteiger partial charge in [-0.25, -0.2) is 0 Å². The fourth-order valence-corrected chi connectivity index (χ4v) is 4.35. The molecule has 5 rings (SSSR count). The molecule has 2 aromatic carbocycles. The molecule has 0 saturated carbocycles. The van der Waals surface area contributed by atoms with Crippen LogP contribution in [0.2, 0.25) is 5.02 Å². The molecular weight excluding hydrogens is 424 g/mol. The third-order valence-corrected chi connectivity index (χ3v) is 6.10. The first-order chi connectivity index (χ1) is 15.7. The van der Waals surface area contributed by atoms with E-state index in [4.69, 9.17) is 21.1 Å². The number of nitrogens with zero attached hydrogens (tertiary/aromatic N) is 2. The highest BCUT2D eigenvalue weighted by Crippen LogP contribution is 2.43. The van der Waals surface area contributed by atoms with Crippen molar-refractivity contribution in [3.8, 4) is 5.75 Å². The summed E-state index contributed by atoms with van der Waals surface area (Å²) in [5.74, 6) is 0.685. The van der Waals surface area contributed by atoms with Crippen LogP contribution in [0.3, 0.4) is 0 Å². The summed E-state index contributed by atoms with van der Waals surface area (Å²) in [6, 6.07) is 17.1. The molecular formula is C26H23ClN2O3. The number of Topliss-reactive ketones (excluding diaryl/α,β-unsaturated/α-hetero) is 1. The zero-order valence-electron chi connectivity index (χ0n) is 17.6. The number of halogens is 1. The monoisotopic (exact) mass is 446 g/mol. The molecule has 0 amide bonds. The van der Waals surface area contributed by atoms with Gasteiger partial charge in [-0.1, -0.05) is 29.8 Å². The minimum Gasteiger partial charge on any atom is -0.492 e. The van der Waals surface area contributed by atoms with Gasteiger partial charge in [-0.3, -0.25) is 14.7 Å². The molecule has 1 fully saturated rings. The van der Waals surface area contributed by atoms with Gasteiger partial charge in [0, 0.05) is 59.3 Å². The Bertz CT molecular complexity index is 1150. The Morgan fingerprint density at radius 2 is 1.78 bits per heavy atom.